The zero-order chi connectivity index (χ0) is 16.9. The van der Waals surface area contributed by atoms with Gasteiger partial charge in [-0.2, -0.15) is 4.68 Å². The molecule has 0 N–H and O–H groups in total. The van der Waals surface area contributed by atoms with Crippen LogP contribution in [-0.2, 0) is 10.5 Å². The van der Waals surface area contributed by atoms with E-state index in [4.69, 9.17) is 11.6 Å². The van der Waals surface area contributed by atoms with Crippen molar-refractivity contribution in [1.82, 2.24) is 20.2 Å². The van der Waals surface area contributed by atoms with Crippen molar-refractivity contribution in [3.63, 3.8) is 0 Å². The molecule has 2 aromatic carbocycles. The molecule has 3 aromatic rings. The number of thioether (sulfide) groups is 1. The number of hydrogen-bond acceptors (Lipinski definition) is 6. The predicted molar refractivity (Wildman–Crippen MR) is 91.5 cm³/mol. The highest BCUT2D eigenvalue weighted by Gasteiger charge is 2.10. The first-order valence-corrected chi connectivity index (χ1v) is 8.38. The largest absolute Gasteiger partial charge is 0.465 e. The van der Waals surface area contributed by atoms with Crippen molar-refractivity contribution in [1.29, 1.82) is 0 Å². The molecule has 0 fully saturated rings. The molecule has 0 amide bonds. The zero-order valence-electron chi connectivity index (χ0n) is 12.7. The minimum Gasteiger partial charge on any atom is -0.465 e. The van der Waals surface area contributed by atoms with E-state index in [1.54, 1.807) is 28.9 Å². The van der Waals surface area contributed by atoms with Gasteiger partial charge in [-0.1, -0.05) is 35.5 Å². The SMILES string of the molecule is COC(=O)c1ccc(CSc2nnnn2-c2ccc(Cl)cc2)cc1. The molecule has 0 bridgehead atoms. The lowest BCUT2D eigenvalue weighted by Gasteiger charge is -2.05. The third-order valence-electron chi connectivity index (χ3n) is 3.26. The maximum absolute atomic E-state index is 11.4. The fraction of sp³-hybridized carbons (Fsp3) is 0.125. The van der Waals surface area contributed by atoms with E-state index < -0.39 is 0 Å². The molecule has 0 aliphatic rings. The molecule has 0 aliphatic carbocycles. The van der Waals surface area contributed by atoms with Crippen LogP contribution in [-0.4, -0.2) is 33.3 Å². The van der Waals surface area contributed by atoms with Gasteiger partial charge in [0.25, 0.3) is 0 Å². The van der Waals surface area contributed by atoms with Crippen LogP contribution in [0.25, 0.3) is 5.69 Å². The Hall–Kier alpha value is -2.38. The van der Waals surface area contributed by atoms with Crippen LogP contribution in [0.5, 0.6) is 0 Å². The van der Waals surface area contributed by atoms with Crippen LogP contribution in [0, 0.1) is 0 Å². The summed E-state index contributed by atoms with van der Waals surface area (Å²) in [6, 6.07) is 14.5. The second-order valence-corrected chi connectivity index (χ2v) is 6.21. The van der Waals surface area contributed by atoms with Crippen LogP contribution in [0.15, 0.2) is 53.7 Å². The van der Waals surface area contributed by atoms with Gasteiger partial charge in [0.2, 0.25) is 5.16 Å². The summed E-state index contributed by atoms with van der Waals surface area (Å²) in [6.07, 6.45) is 0. The first-order chi connectivity index (χ1) is 11.7. The lowest BCUT2D eigenvalue weighted by Crippen LogP contribution is -2.01. The Kier molecular flexibility index (Phi) is 5.12. The van der Waals surface area contributed by atoms with E-state index in [1.165, 1.54) is 18.9 Å². The smallest absolute Gasteiger partial charge is 0.337 e. The van der Waals surface area contributed by atoms with Crippen molar-refractivity contribution in [2.45, 2.75) is 10.9 Å². The van der Waals surface area contributed by atoms with Gasteiger partial charge in [-0.3, -0.25) is 0 Å². The Labute approximate surface area is 147 Å². The maximum Gasteiger partial charge on any atom is 0.337 e. The number of carbonyl (C=O) groups excluding carboxylic acids is 1. The Morgan fingerprint density at radius 3 is 2.54 bits per heavy atom. The molecular weight excluding hydrogens is 348 g/mol. The van der Waals surface area contributed by atoms with Crippen LogP contribution in [0.3, 0.4) is 0 Å². The molecule has 0 aliphatic heterocycles. The molecule has 24 heavy (non-hydrogen) atoms. The van der Waals surface area contributed by atoms with Gasteiger partial charge in [-0.15, -0.1) is 5.10 Å². The summed E-state index contributed by atoms with van der Waals surface area (Å²) >= 11 is 7.40. The number of benzene rings is 2. The maximum atomic E-state index is 11.4. The first kappa shape index (κ1) is 16.5. The van der Waals surface area contributed by atoms with E-state index in [9.17, 15) is 4.79 Å². The summed E-state index contributed by atoms with van der Waals surface area (Å²) in [5.41, 5.74) is 2.42. The van der Waals surface area contributed by atoms with Crippen molar-refractivity contribution in [2.75, 3.05) is 7.11 Å². The molecule has 0 radical (unpaired) electrons. The summed E-state index contributed by atoms with van der Waals surface area (Å²) in [6.45, 7) is 0. The minimum absolute atomic E-state index is 0.346. The van der Waals surface area contributed by atoms with E-state index in [1.807, 2.05) is 24.3 Å². The molecule has 3 rings (SSSR count). The average molecular weight is 361 g/mol. The summed E-state index contributed by atoms with van der Waals surface area (Å²) in [5, 5.41) is 13.1. The molecule has 0 atom stereocenters. The topological polar surface area (TPSA) is 69.9 Å². The first-order valence-electron chi connectivity index (χ1n) is 7.02. The van der Waals surface area contributed by atoms with Crippen molar-refractivity contribution < 1.29 is 9.53 Å². The molecule has 122 valence electrons. The number of methoxy groups -OCH3 is 1. The zero-order valence-corrected chi connectivity index (χ0v) is 14.3. The molecule has 6 nitrogen and oxygen atoms in total. The highest BCUT2D eigenvalue weighted by molar-refractivity contribution is 7.98. The normalized spacial score (nSPS) is 10.6. The molecule has 0 unspecified atom stereocenters. The highest BCUT2D eigenvalue weighted by atomic mass is 35.5. The highest BCUT2D eigenvalue weighted by Crippen LogP contribution is 2.23. The van der Waals surface area contributed by atoms with E-state index in [0.717, 1.165) is 11.3 Å². The van der Waals surface area contributed by atoms with Gasteiger partial charge >= 0.3 is 5.97 Å². The third-order valence-corrected chi connectivity index (χ3v) is 4.50. The number of rotatable bonds is 5. The van der Waals surface area contributed by atoms with E-state index in [2.05, 4.69) is 20.3 Å². The van der Waals surface area contributed by atoms with Crippen molar-refractivity contribution >= 4 is 29.3 Å². The van der Waals surface area contributed by atoms with Gasteiger partial charge < -0.3 is 4.74 Å². The van der Waals surface area contributed by atoms with E-state index >= 15 is 0 Å². The van der Waals surface area contributed by atoms with Gasteiger partial charge in [0.05, 0.1) is 18.4 Å². The number of nitrogens with zero attached hydrogens (tertiary/aromatic N) is 4. The second kappa shape index (κ2) is 7.46. The minimum atomic E-state index is -0.346. The summed E-state index contributed by atoms with van der Waals surface area (Å²) in [5.74, 6) is 0.330. The van der Waals surface area contributed by atoms with Crippen LogP contribution >= 0.6 is 23.4 Å². The van der Waals surface area contributed by atoms with Crippen LogP contribution in [0.4, 0.5) is 0 Å². The number of ether oxygens (including phenoxy) is 1. The fourth-order valence-electron chi connectivity index (χ4n) is 2.02. The summed E-state index contributed by atoms with van der Waals surface area (Å²) in [4.78, 5) is 11.4. The monoisotopic (exact) mass is 360 g/mol. The Morgan fingerprint density at radius 2 is 1.88 bits per heavy atom. The molecule has 8 heteroatoms. The summed E-state index contributed by atoms with van der Waals surface area (Å²) < 4.78 is 6.34. The summed E-state index contributed by atoms with van der Waals surface area (Å²) in [7, 11) is 1.36. The Bertz CT molecular complexity index is 834. The standard InChI is InChI=1S/C16H13ClN4O2S/c1-23-15(22)12-4-2-11(3-5-12)10-24-16-18-19-20-21(16)14-8-6-13(17)7-9-14/h2-9H,10H2,1H3. The van der Waals surface area contributed by atoms with Crippen LogP contribution in [0.1, 0.15) is 15.9 Å². The third kappa shape index (κ3) is 3.74. The molecule has 0 spiro atoms. The van der Waals surface area contributed by atoms with Crippen molar-refractivity contribution in [2.24, 2.45) is 0 Å². The van der Waals surface area contributed by atoms with Crippen LogP contribution in [0.2, 0.25) is 5.02 Å². The number of tetrazole rings is 1. The number of halogens is 1. The van der Waals surface area contributed by atoms with E-state index in [0.29, 0.717) is 21.5 Å². The van der Waals surface area contributed by atoms with Gasteiger partial charge in [-0.25, -0.2) is 4.79 Å². The fourth-order valence-corrected chi connectivity index (χ4v) is 2.99. The van der Waals surface area contributed by atoms with Gasteiger partial charge in [0.15, 0.2) is 0 Å². The van der Waals surface area contributed by atoms with E-state index in [-0.39, 0.29) is 5.97 Å². The Balaban J connectivity index is 1.70. The molecule has 0 saturated carbocycles. The van der Waals surface area contributed by atoms with Gasteiger partial charge in [0.1, 0.15) is 0 Å². The van der Waals surface area contributed by atoms with Crippen molar-refractivity contribution in [3.05, 3.63) is 64.7 Å². The van der Waals surface area contributed by atoms with Gasteiger partial charge in [-0.05, 0) is 52.4 Å². The lowest BCUT2D eigenvalue weighted by molar-refractivity contribution is 0.0600. The molecular formula is C16H13ClN4O2S. The lowest BCUT2D eigenvalue weighted by atomic mass is 10.1. The Morgan fingerprint density at radius 1 is 1.17 bits per heavy atom. The molecule has 1 aromatic heterocycles. The predicted octanol–water partition coefficient (Wildman–Crippen LogP) is 3.39. The number of carbonyl (C=O) groups is 1. The molecule has 0 saturated heterocycles. The average Bonchev–Trinajstić information content (AvgIpc) is 3.09. The number of esters is 1. The van der Waals surface area contributed by atoms with Gasteiger partial charge in [0, 0.05) is 10.8 Å². The van der Waals surface area contributed by atoms with Crippen molar-refractivity contribution in [3.8, 4) is 5.69 Å². The second-order valence-electron chi connectivity index (χ2n) is 4.83. The molecule has 1 heterocycles. The quantitative estimate of drug-likeness (QED) is 0.513. The number of hydrogen-bond donors (Lipinski definition) is 0. The van der Waals surface area contributed by atoms with Crippen LogP contribution < -0.4 is 0 Å². The number of aromatic nitrogens is 4.